The summed E-state index contributed by atoms with van der Waals surface area (Å²) in [7, 11) is 1.28. The van der Waals surface area contributed by atoms with E-state index in [1.165, 1.54) is 96.3 Å². The van der Waals surface area contributed by atoms with Crippen molar-refractivity contribution in [3.05, 3.63) is 97.2 Å². The van der Waals surface area contributed by atoms with Crippen LogP contribution >= 0.6 is 7.82 Å². The summed E-state index contributed by atoms with van der Waals surface area (Å²) in [5.74, 6) is -0.183. The number of likely N-dealkylation sites (N-methyl/N-ethyl adjacent to an activating group) is 1. The predicted molar refractivity (Wildman–Crippen MR) is 297 cm³/mol. The van der Waals surface area contributed by atoms with Gasteiger partial charge in [-0.1, -0.05) is 239 Å². The van der Waals surface area contributed by atoms with Gasteiger partial charge in [-0.25, -0.2) is 0 Å². The van der Waals surface area contributed by atoms with E-state index in [2.05, 4.69) is 116 Å². The van der Waals surface area contributed by atoms with E-state index in [-0.39, 0.29) is 19.1 Å². The van der Waals surface area contributed by atoms with Crippen molar-refractivity contribution in [3.8, 4) is 0 Å². The Morgan fingerprint density at radius 3 is 1.29 bits per heavy atom. The summed E-state index contributed by atoms with van der Waals surface area (Å²) in [4.78, 5) is 25.5. The standard InChI is InChI=1S/C60H107N2O6P/c1-6-8-10-12-14-16-18-20-22-24-25-26-27-28-29-30-31-32-33-34-35-36-37-38-40-42-44-46-48-50-52-54-60(64)61-58(57-68-69(65,66)67-56-55-62(3,4)5)59(63)53-51-49-47-45-43-41-39-23-21-19-17-15-13-11-9-7-2/h8,10,14,16,20,22,25-26,28-29,31-32,34-35,37-38,58-59,63H,6-7,9,11-13,15,17-19,21,23-24,27,30,33,36,39-57H2,1-5H3,(H-,61,64,65,66)/b10-8-,16-14-,22-20-,26-25-,29-28-,32-31-,35-34-,38-37-. The van der Waals surface area contributed by atoms with Crippen molar-refractivity contribution >= 4 is 13.7 Å². The number of carbonyl (C=O) groups is 1. The summed E-state index contributed by atoms with van der Waals surface area (Å²) in [6.45, 7) is 4.59. The summed E-state index contributed by atoms with van der Waals surface area (Å²) < 4.78 is 23.4. The zero-order valence-electron chi connectivity index (χ0n) is 45.2. The molecule has 398 valence electrons. The zero-order chi connectivity index (χ0) is 50.6. The number of amides is 1. The summed E-state index contributed by atoms with van der Waals surface area (Å²) in [6.07, 6.45) is 71.4. The smallest absolute Gasteiger partial charge is 0.268 e. The number of quaternary nitrogens is 1. The Hall–Kier alpha value is -2.58. The van der Waals surface area contributed by atoms with Crippen LogP contribution in [0.2, 0.25) is 0 Å². The Morgan fingerprint density at radius 1 is 0.522 bits per heavy atom. The Bertz CT molecular complexity index is 1440. The van der Waals surface area contributed by atoms with Gasteiger partial charge in [0.15, 0.2) is 0 Å². The number of phosphoric ester groups is 1. The molecule has 0 aromatic heterocycles. The van der Waals surface area contributed by atoms with Gasteiger partial charge in [0.1, 0.15) is 13.2 Å². The third-order valence-corrected chi connectivity index (χ3v) is 13.1. The van der Waals surface area contributed by atoms with Crippen LogP contribution in [0.5, 0.6) is 0 Å². The second-order valence-corrected chi connectivity index (χ2v) is 21.3. The van der Waals surface area contributed by atoms with E-state index in [4.69, 9.17) is 9.05 Å². The molecule has 0 saturated carbocycles. The molecule has 1 amide bonds. The van der Waals surface area contributed by atoms with Crippen LogP contribution in [0.1, 0.15) is 226 Å². The van der Waals surface area contributed by atoms with Gasteiger partial charge in [-0.2, -0.15) is 0 Å². The van der Waals surface area contributed by atoms with Crippen LogP contribution in [0.15, 0.2) is 97.2 Å². The van der Waals surface area contributed by atoms with Crippen molar-refractivity contribution in [2.45, 2.75) is 238 Å². The van der Waals surface area contributed by atoms with Crippen molar-refractivity contribution in [2.75, 3.05) is 40.9 Å². The van der Waals surface area contributed by atoms with E-state index >= 15 is 0 Å². The number of allylic oxidation sites excluding steroid dienone is 16. The molecule has 69 heavy (non-hydrogen) atoms. The van der Waals surface area contributed by atoms with E-state index in [1.807, 2.05) is 21.1 Å². The molecular formula is C60H107N2O6P. The number of hydrogen-bond acceptors (Lipinski definition) is 6. The molecule has 0 rings (SSSR count). The maximum Gasteiger partial charge on any atom is 0.268 e. The van der Waals surface area contributed by atoms with Crippen LogP contribution in [0, 0.1) is 0 Å². The van der Waals surface area contributed by atoms with Crippen LogP contribution < -0.4 is 10.2 Å². The van der Waals surface area contributed by atoms with Gasteiger partial charge in [-0.15, -0.1) is 0 Å². The van der Waals surface area contributed by atoms with E-state index in [0.29, 0.717) is 23.9 Å². The molecule has 0 radical (unpaired) electrons. The van der Waals surface area contributed by atoms with E-state index in [9.17, 15) is 19.4 Å². The van der Waals surface area contributed by atoms with Crippen molar-refractivity contribution in [1.82, 2.24) is 5.32 Å². The summed E-state index contributed by atoms with van der Waals surface area (Å²) >= 11 is 0. The number of aliphatic hydroxyl groups is 1. The van der Waals surface area contributed by atoms with Gasteiger partial charge in [-0.3, -0.25) is 9.36 Å². The average molecular weight is 983 g/mol. The molecule has 0 aromatic rings. The fourth-order valence-electron chi connectivity index (χ4n) is 7.70. The van der Waals surface area contributed by atoms with Crippen LogP contribution in [0.3, 0.4) is 0 Å². The van der Waals surface area contributed by atoms with Gasteiger partial charge in [0.05, 0.1) is 39.9 Å². The summed E-state index contributed by atoms with van der Waals surface area (Å²) in [5, 5.41) is 14.0. The Morgan fingerprint density at radius 2 is 0.884 bits per heavy atom. The average Bonchev–Trinajstić information content (AvgIpc) is 3.31. The molecule has 0 bridgehead atoms. The molecule has 3 unspecified atom stereocenters. The van der Waals surface area contributed by atoms with Crippen LogP contribution in [-0.4, -0.2) is 68.5 Å². The Labute approximate surface area is 426 Å². The molecule has 8 nitrogen and oxygen atoms in total. The number of carbonyl (C=O) groups excluding carboxylic acids is 1. The number of nitrogens with zero attached hydrogens (tertiary/aromatic N) is 1. The van der Waals surface area contributed by atoms with Crippen LogP contribution in [-0.2, 0) is 18.4 Å². The number of unbranched alkanes of at least 4 members (excludes halogenated alkanes) is 21. The fourth-order valence-corrected chi connectivity index (χ4v) is 8.43. The van der Waals surface area contributed by atoms with Crippen molar-refractivity contribution in [2.24, 2.45) is 0 Å². The summed E-state index contributed by atoms with van der Waals surface area (Å²) in [5.41, 5.74) is 0. The highest BCUT2D eigenvalue weighted by atomic mass is 31.2. The van der Waals surface area contributed by atoms with E-state index in [0.717, 1.165) is 103 Å². The minimum absolute atomic E-state index is 0.00416. The van der Waals surface area contributed by atoms with Gasteiger partial charge in [-0.05, 0) is 77.0 Å². The van der Waals surface area contributed by atoms with Crippen LogP contribution in [0.25, 0.3) is 0 Å². The van der Waals surface area contributed by atoms with Gasteiger partial charge in [0.2, 0.25) is 5.91 Å². The Kier molecular flexibility index (Phi) is 48.5. The number of hydrogen-bond donors (Lipinski definition) is 2. The minimum Gasteiger partial charge on any atom is -0.756 e. The van der Waals surface area contributed by atoms with Gasteiger partial charge < -0.3 is 28.8 Å². The molecule has 0 heterocycles. The third-order valence-electron chi connectivity index (χ3n) is 12.1. The maximum atomic E-state index is 13.0. The predicted octanol–water partition coefficient (Wildman–Crippen LogP) is 16.4. The van der Waals surface area contributed by atoms with Crippen molar-refractivity contribution in [1.29, 1.82) is 0 Å². The quantitative estimate of drug-likeness (QED) is 0.0272. The lowest BCUT2D eigenvalue weighted by Crippen LogP contribution is -2.46. The fraction of sp³-hybridized carbons (Fsp3) is 0.717. The lowest BCUT2D eigenvalue weighted by atomic mass is 10.0. The zero-order valence-corrected chi connectivity index (χ0v) is 46.1. The molecular weight excluding hydrogens is 876 g/mol. The first-order valence-electron chi connectivity index (χ1n) is 28.1. The lowest BCUT2D eigenvalue weighted by Gasteiger charge is -2.30. The highest BCUT2D eigenvalue weighted by Gasteiger charge is 2.24. The molecule has 3 atom stereocenters. The number of aliphatic hydroxyl groups excluding tert-OH is 1. The maximum absolute atomic E-state index is 13.0. The molecule has 2 N–H and O–H groups in total. The minimum atomic E-state index is -4.58. The first-order chi connectivity index (χ1) is 33.5. The van der Waals surface area contributed by atoms with Gasteiger partial charge in [0.25, 0.3) is 7.82 Å². The Balaban J connectivity index is 4.24. The van der Waals surface area contributed by atoms with E-state index in [1.54, 1.807) is 0 Å². The SMILES string of the molecule is CC/C=C\C/C=C\C/C=C\C/C=C\C/C=C\C/C=C\C/C=C\C/C=C\CCCCCCCCC(=O)NC(COP(=O)([O-])OCC[N+](C)(C)C)C(O)CCCCCCCCCCCCCCCCCC. The highest BCUT2D eigenvalue weighted by Crippen LogP contribution is 2.38. The van der Waals surface area contributed by atoms with Crippen LogP contribution in [0.4, 0.5) is 0 Å². The highest BCUT2D eigenvalue weighted by molar-refractivity contribution is 7.45. The number of phosphoric acid groups is 1. The molecule has 9 heteroatoms. The monoisotopic (exact) mass is 983 g/mol. The largest absolute Gasteiger partial charge is 0.756 e. The topological polar surface area (TPSA) is 108 Å². The first kappa shape index (κ1) is 66.4. The second kappa shape index (κ2) is 50.4. The molecule has 0 aromatic carbocycles. The van der Waals surface area contributed by atoms with E-state index < -0.39 is 20.0 Å². The molecule has 0 spiro atoms. The number of rotatable bonds is 50. The molecule has 0 aliphatic heterocycles. The second-order valence-electron chi connectivity index (χ2n) is 19.9. The third kappa shape index (κ3) is 53.1. The van der Waals surface area contributed by atoms with Gasteiger partial charge >= 0.3 is 0 Å². The molecule has 0 aliphatic carbocycles. The summed E-state index contributed by atoms with van der Waals surface area (Å²) in [6, 6.07) is -0.816. The number of nitrogens with one attached hydrogen (secondary N) is 1. The first-order valence-corrected chi connectivity index (χ1v) is 29.5. The lowest BCUT2D eigenvalue weighted by molar-refractivity contribution is -0.870. The van der Waals surface area contributed by atoms with Gasteiger partial charge in [0, 0.05) is 6.42 Å². The van der Waals surface area contributed by atoms with Crippen molar-refractivity contribution < 1.29 is 32.9 Å². The molecule has 0 aliphatic rings. The molecule has 0 fully saturated rings. The molecule has 0 saturated heterocycles. The normalized spacial score (nSPS) is 14.7. The van der Waals surface area contributed by atoms with Crippen molar-refractivity contribution in [3.63, 3.8) is 0 Å².